The van der Waals surface area contributed by atoms with Crippen molar-refractivity contribution in [3.05, 3.63) is 58.9 Å². The third-order valence-electron chi connectivity index (χ3n) is 5.49. The topological polar surface area (TPSA) is 36.4 Å². The van der Waals surface area contributed by atoms with Gasteiger partial charge < -0.3 is 9.80 Å². The van der Waals surface area contributed by atoms with Crippen molar-refractivity contribution in [2.24, 2.45) is 0 Å². The molecule has 4 heteroatoms. The molecule has 0 radical (unpaired) electrons. The minimum absolute atomic E-state index is 0.180. The zero-order valence-corrected chi connectivity index (χ0v) is 14.9. The van der Waals surface area contributed by atoms with Gasteiger partial charge in [0, 0.05) is 49.8 Å². The van der Waals surface area contributed by atoms with E-state index in [1.54, 1.807) is 0 Å². The lowest BCUT2D eigenvalue weighted by Crippen LogP contribution is -2.49. The van der Waals surface area contributed by atoms with Crippen LogP contribution in [0.5, 0.6) is 0 Å². The van der Waals surface area contributed by atoms with Crippen LogP contribution in [-0.2, 0) is 12.8 Å². The van der Waals surface area contributed by atoms with E-state index >= 15 is 0 Å². The lowest BCUT2D eigenvalue weighted by Gasteiger charge is -2.36. The number of carbonyl (C=O) groups excluding carboxylic acids is 1. The Bertz CT molecular complexity index is 778. The molecule has 0 atom stereocenters. The number of nitrogens with zero attached hydrogens (tertiary/aromatic N) is 3. The summed E-state index contributed by atoms with van der Waals surface area (Å²) in [5, 5.41) is 0. The number of benzene rings is 1. The Morgan fingerprint density at radius 1 is 1.00 bits per heavy atom. The van der Waals surface area contributed by atoms with Crippen LogP contribution in [0.2, 0.25) is 0 Å². The minimum Gasteiger partial charge on any atom is -0.368 e. The SMILES string of the molecule is Cc1cnccc1N1CCN(C(=O)c2ccc3c(c2)CCCC3)CC1. The molecule has 0 bridgehead atoms. The van der Waals surface area contributed by atoms with Gasteiger partial charge in [-0.3, -0.25) is 9.78 Å². The van der Waals surface area contributed by atoms with E-state index in [0.717, 1.165) is 44.6 Å². The van der Waals surface area contributed by atoms with Crippen molar-refractivity contribution >= 4 is 11.6 Å². The molecule has 130 valence electrons. The van der Waals surface area contributed by atoms with Crippen molar-refractivity contribution in [2.75, 3.05) is 31.1 Å². The Labute approximate surface area is 149 Å². The van der Waals surface area contributed by atoms with E-state index < -0.39 is 0 Å². The molecule has 1 aromatic carbocycles. The van der Waals surface area contributed by atoms with Crippen LogP contribution in [0, 0.1) is 6.92 Å². The van der Waals surface area contributed by atoms with E-state index in [4.69, 9.17) is 0 Å². The van der Waals surface area contributed by atoms with Gasteiger partial charge in [-0.25, -0.2) is 0 Å². The van der Waals surface area contributed by atoms with Crippen LogP contribution in [0.3, 0.4) is 0 Å². The fourth-order valence-electron chi connectivity index (χ4n) is 4.02. The van der Waals surface area contributed by atoms with Crippen molar-refractivity contribution in [1.82, 2.24) is 9.88 Å². The standard InChI is InChI=1S/C21H25N3O/c1-16-15-22-9-8-20(16)23-10-12-24(13-11-23)21(25)19-7-6-17-4-2-3-5-18(17)14-19/h6-9,14-15H,2-5,10-13H2,1H3. The summed E-state index contributed by atoms with van der Waals surface area (Å²) < 4.78 is 0. The van der Waals surface area contributed by atoms with Crippen molar-refractivity contribution in [2.45, 2.75) is 32.6 Å². The van der Waals surface area contributed by atoms with E-state index in [0.29, 0.717) is 0 Å². The molecule has 25 heavy (non-hydrogen) atoms. The molecular formula is C21H25N3O. The van der Waals surface area contributed by atoms with Gasteiger partial charge in [-0.15, -0.1) is 0 Å². The minimum atomic E-state index is 0.180. The van der Waals surface area contributed by atoms with Crippen molar-refractivity contribution < 1.29 is 4.79 Å². The average Bonchev–Trinajstić information content (AvgIpc) is 2.67. The molecule has 1 aliphatic heterocycles. The highest BCUT2D eigenvalue weighted by atomic mass is 16.2. The Morgan fingerprint density at radius 2 is 1.76 bits per heavy atom. The summed E-state index contributed by atoms with van der Waals surface area (Å²) in [5.74, 6) is 0.180. The van der Waals surface area contributed by atoms with Gasteiger partial charge in [0.15, 0.2) is 0 Å². The van der Waals surface area contributed by atoms with Gasteiger partial charge in [-0.2, -0.15) is 0 Å². The summed E-state index contributed by atoms with van der Waals surface area (Å²) in [6.45, 7) is 5.39. The first-order valence-electron chi connectivity index (χ1n) is 9.29. The van der Waals surface area contributed by atoms with Crippen molar-refractivity contribution in [3.8, 4) is 0 Å². The number of fused-ring (bicyclic) bond motifs is 1. The Hall–Kier alpha value is -2.36. The maximum absolute atomic E-state index is 12.9. The van der Waals surface area contributed by atoms with Crippen LogP contribution in [0.1, 0.15) is 39.9 Å². The molecule has 0 spiro atoms. The lowest BCUT2D eigenvalue weighted by atomic mass is 9.90. The average molecular weight is 335 g/mol. The zero-order valence-electron chi connectivity index (χ0n) is 14.9. The smallest absolute Gasteiger partial charge is 0.253 e. The Morgan fingerprint density at radius 3 is 2.52 bits per heavy atom. The summed E-state index contributed by atoms with van der Waals surface area (Å²) in [6, 6.07) is 8.39. The van der Waals surface area contributed by atoms with Gasteiger partial charge >= 0.3 is 0 Å². The molecule has 0 unspecified atom stereocenters. The molecule has 2 aliphatic rings. The van der Waals surface area contributed by atoms with E-state index in [9.17, 15) is 4.79 Å². The second kappa shape index (κ2) is 6.87. The predicted molar refractivity (Wildman–Crippen MR) is 100 cm³/mol. The number of aromatic nitrogens is 1. The normalized spacial score (nSPS) is 17.3. The maximum atomic E-state index is 12.9. The number of hydrogen-bond acceptors (Lipinski definition) is 3. The van der Waals surface area contributed by atoms with Crippen LogP contribution in [0.15, 0.2) is 36.7 Å². The van der Waals surface area contributed by atoms with Crippen molar-refractivity contribution in [1.29, 1.82) is 0 Å². The number of amides is 1. The monoisotopic (exact) mass is 335 g/mol. The molecule has 2 aromatic rings. The van der Waals surface area contributed by atoms with Crippen LogP contribution >= 0.6 is 0 Å². The van der Waals surface area contributed by atoms with Crippen LogP contribution in [0.25, 0.3) is 0 Å². The first-order chi connectivity index (χ1) is 12.2. The Kier molecular flexibility index (Phi) is 4.43. The van der Waals surface area contributed by atoms with Gasteiger partial charge in [0.1, 0.15) is 0 Å². The first-order valence-corrected chi connectivity index (χ1v) is 9.29. The van der Waals surface area contributed by atoms with E-state index in [-0.39, 0.29) is 5.91 Å². The fourth-order valence-corrected chi connectivity index (χ4v) is 4.02. The number of carbonyl (C=O) groups is 1. The van der Waals surface area contributed by atoms with Crippen LogP contribution in [0.4, 0.5) is 5.69 Å². The fraction of sp³-hybridized carbons (Fsp3) is 0.429. The number of hydrogen-bond donors (Lipinski definition) is 0. The molecule has 4 rings (SSSR count). The molecule has 2 heterocycles. The largest absolute Gasteiger partial charge is 0.368 e. The second-order valence-electron chi connectivity index (χ2n) is 7.13. The number of anilines is 1. The van der Waals surface area contributed by atoms with Crippen molar-refractivity contribution in [3.63, 3.8) is 0 Å². The highest BCUT2D eigenvalue weighted by molar-refractivity contribution is 5.94. The lowest BCUT2D eigenvalue weighted by molar-refractivity contribution is 0.0746. The quantitative estimate of drug-likeness (QED) is 0.845. The third-order valence-corrected chi connectivity index (χ3v) is 5.49. The predicted octanol–water partition coefficient (Wildman–Crippen LogP) is 3.23. The molecule has 1 saturated heterocycles. The molecular weight excluding hydrogens is 310 g/mol. The number of piperazine rings is 1. The summed E-state index contributed by atoms with van der Waals surface area (Å²) in [6.07, 6.45) is 8.54. The van der Waals surface area contributed by atoms with E-state index in [2.05, 4.69) is 35.0 Å². The second-order valence-corrected chi connectivity index (χ2v) is 7.13. The molecule has 1 fully saturated rings. The van der Waals surface area contributed by atoms with Gasteiger partial charge in [-0.05, 0) is 67.5 Å². The van der Waals surface area contributed by atoms with Gasteiger partial charge in [0.25, 0.3) is 5.91 Å². The summed E-state index contributed by atoms with van der Waals surface area (Å²) >= 11 is 0. The summed E-state index contributed by atoms with van der Waals surface area (Å²) in [4.78, 5) is 21.4. The van der Waals surface area contributed by atoms with Crippen LogP contribution < -0.4 is 4.90 Å². The van der Waals surface area contributed by atoms with E-state index in [1.807, 2.05) is 23.4 Å². The summed E-state index contributed by atoms with van der Waals surface area (Å²) in [7, 11) is 0. The van der Waals surface area contributed by atoms with Gasteiger partial charge in [-0.1, -0.05) is 6.07 Å². The third kappa shape index (κ3) is 3.26. The van der Waals surface area contributed by atoms with Crippen LogP contribution in [-0.4, -0.2) is 42.0 Å². The number of aryl methyl sites for hydroxylation is 3. The molecule has 4 nitrogen and oxygen atoms in total. The first kappa shape index (κ1) is 16.1. The number of rotatable bonds is 2. The van der Waals surface area contributed by atoms with E-state index in [1.165, 1.54) is 35.2 Å². The molecule has 0 N–H and O–H groups in total. The maximum Gasteiger partial charge on any atom is 0.253 e. The van der Waals surface area contributed by atoms with Gasteiger partial charge in [0.05, 0.1) is 0 Å². The Balaban J connectivity index is 1.44. The highest BCUT2D eigenvalue weighted by Crippen LogP contribution is 2.24. The zero-order chi connectivity index (χ0) is 17.2. The van der Waals surface area contributed by atoms with Gasteiger partial charge in [0.2, 0.25) is 0 Å². The summed E-state index contributed by atoms with van der Waals surface area (Å²) in [5.41, 5.74) is 6.09. The molecule has 0 saturated carbocycles. The molecule has 1 aromatic heterocycles. The number of pyridine rings is 1. The molecule has 1 aliphatic carbocycles. The molecule has 1 amide bonds. The highest BCUT2D eigenvalue weighted by Gasteiger charge is 2.23.